The molecule has 7 heteroatoms. The molecule has 19 heavy (non-hydrogen) atoms. The van der Waals surface area contributed by atoms with Gasteiger partial charge in [-0.05, 0) is 20.3 Å². The zero-order valence-electron chi connectivity index (χ0n) is 11.5. The van der Waals surface area contributed by atoms with E-state index in [9.17, 15) is 4.79 Å². The van der Waals surface area contributed by atoms with E-state index in [-0.39, 0.29) is 5.91 Å². The largest absolute Gasteiger partial charge is 0.352 e. The SMILES string of the molecule is CCc1c(NN)ncnc1N1CCNC(=O)C1(C)C. The number of amides is 1. The van der Waals surface area contributed by atoms with Crippen molar-refractivity contribution in [1.29, 1.82) is 0 Å². The van der Waals surface area contributed by atoms with Crippen LogP contribution < -0.4 is 21.5 Å². The number of nitrogens with one attached hydrogen (secondary N) is 2. The molecule has 7 nitrogen and oxygen atoms in total. The van der Waals surface area contributed by atoms with Gasteiger partial charge in [-0.1, -0.05) is 6.92 Å². The standard InChI is InChI=1S/C12H20N6O/c1-4-8-9(17-13)15-7-16-10(8)18-6-5-14-11(19)12(18,2)3/h7H,4-6,13H2,1-3H3,(H,14,19)(H,15,16,17). The molecule has 0 bridgehead atoms. The summed E-state index contributed by atoms with van der Waals surface area (Å²) < 4.78 is 0. The van der Waals surface area contributed by atoms with Gasteiger partial charge in [0.05, 0.1) is 0 Å². The Morgan fingerprint density at radius 2 is 2.26 bits per heavy atom. The van der Waals surface area contributed by atoms with Crippen LogP contribution in [0.4, 0.5) is 11.6 Å². The lowest BCUT2D eigenvalue weighted by atomic mass is 9.98. The van der Waals surface area contributed by atoms with Crippen LogP contribution in [0.15, 0.2) is 6.33 Å². The number of rotatable bonds is 3. The van der Waals surface area contributed by atoms with Crippen LogP contribution in [0.3, 0.4) is 0 Å². The minimum atomic E-state index is -0.637. The van der Waals surface area contributed by atoms with Crippen LogP contribution in [0, 0.1) is 0 Å². The molecule has 1 fully saturated rings. The van der Waals surface area contributed by atoms with Gasteiger partial charge in [0.15, 0.2) is 0 Å². The average Bonchev–Trinajstić information content (AvgIpc) is 2.40. The molecular formula is C12H20N6O. The number of anilines is 2. The zero-order valence-corrected chi connectivity index (χ0v) is 11.5. The summed E-state index contributed by atoms with van der Waals surface area (Å²) in [5.74, 6) is 6.86. The van der Waals surface area contributed by atoms with E-state index in [1.807, 2.05) is 25.7 Å². The van der Waals surface area contributed by atoms with Gasteiger partial charge < -0.3 is 15.6 Å². The number of nitrogen functional groups attached to an aromatic ring is 1. The first-order chi connectivity index (χ1) is 9.02. The Balaban J connectivity index is 2.49. The third kappa shape index (κ3) is 2.21. The van der Waals surface area contributed by atoms with Crippen molar-refractivity contribution in [2.45, 2.75) is 32.7 Å². The van der Waals surface area contributed by atoms with Crippen LogP contribution in [0.1, 0.15) is 26.3 Å². The fraction of sp³-hybridized carbons (Fsp3) is 0.583. The molecule has 0 atom stereocenters. The topological polar surface area (TPSA) is 96.2 Å². The highest BCUT2D eigenvalue weighted by atomic mass is 16.2. The van der Waals surface area contributed by atoms with Gasteiger partial charge in [-0.25, -0.2) is 15.8 Å². The second-order valence-electron chi connectivity index (χ2n) is 4.99. The van der Waals surface area contributed by atoms with Crippen molar-refractivity contribution in [3.8, 4) is 0 Å². The molecule has 0 unspecified atom stereocenters. The summed E-state index contributed by atoms with van der Waals surface area (Å²) in [5.41, 5.74) is 2.87. The Kier molecular flexibility index (Phi) is 3.57. The number of hydrogen-bond donors (Lipinski definition) is 3. The molecule has 4 N–H and O–H groups in total. The van der Waals surface area contributed by atoms with E-state index >= 15 is 0 Å². The van der Waals surface area contributed by atoms with Gasteiger partial charge in [-0.2, -0.15) is 0 Å². The van der Waals surface area contributed by atoms with Gasteiger partial charge in [0.1, 0.15) is 23.5 Å². The second-order valence-corrected chi connectivity index (χ2v) is 4.99. The summed E-state index contributed by atoms with van der Waals surface area (Å²) >= 11 is 0. The van der Waals surface area contributed by atoms with E-state index in [0.717, 1.165) is 17.8 Å². The maximum atomic E-state index is 12.0. The van der Waals surface area contributed by atoms with E-state index in [1.54, 1.807) is 0 Å². The third-order valence-corrected chi connectivity index (χ3v) is 3.52. The zero-order chi connectivity index (χ0) is 14.0. The van der Waals surface area contributed by atoms with E-state index in [1.165, 1.54) is 6.33 Å². The highest BCUT2D eigenvalue weighted by molar-refractivity contribution is 5.90. The number of carbonyl (C=O) groups excluding carboxylic acids is 1. The molecule has 2 heterocycles. The second kappa shape index (κ2) is 5.00. The van der Waals surface area contributed by atoms with Gasteiger partial charge in [0, 0.05) is 18.7 Å². The lowest BCUT2D eigenvalue weighted by molar-refractivity contribution is -0.126. The van der Waals surface area contributed by atoms with Crippen LogP contribution >= 0.6 is 0 Å². The Morgan fingerprint density at radius 1 is 1.53 bits per heavy atom. The van der Waals surface area contributed by atoms with Crippen molar-refractivity contribution in [3.05, 3.63) is 11.9 Å². The molecule has 0 aromatic carbocycles. The number of hydrazine groups is 1. The maximum absolute atomic E-state index is 12.0. The number of hydrogen-bond acceptors (Lipinski definition) is 6. The molecule has 1 amide bonds. The van der Waals surface area contributed by atoms with Crippen molar-refractivity contribution in [2.24, 2.45) is 5.84 Å². The Labute approximate surface area is 112 Å². The Hall–Kier alpha value is -1.89. The number of aromatic nitrogens is 2. The van der Waals surface area contributed by atoms with Gasteiger partial charge >= 0.3 is 0 Å². The molecular weight excluding hydrogens is 244 g/mol. The number of carbonyl (C=O) groups is 1. The predicted octanol–water partition coefficient (Wildman–Crippen LogP) is 0.0394. The molecule has 1 aliphatic rings. The lowest BCUT2D eigenvalue weighted by Crippen LogP contribution is -2.62. The highest BCUT2D eigenvalue weighted by Crippen LogP contribution is 2.30. The molecule has 1 aromatic rings. The first kappa shape index (κ1) is 13.5. The first-order valence-electron chi connectivity index (χ1n) is 6.38. The average molecular weight is 264 g/mol. The summed E-state index contributed by atoms with van der Waals surface area (Å²) in [7, 11) is 0. The fourth-order valence-corrected chi connectivity index (χ4v) is 2.36. The molecule has 0 saturated carbocycles. The van der Waals surface area contributed by atoms with Crippen molar-refractivity contribution in [2.75, 3.05) is 23.4 Å². The first-order valence-corrected chi connectivity index (χ1v) is 6.38. The molecule has 2 rings (SSSR count). The third-order valence-electron chi connectivity index (χ3n) is 3.52. The maximum Gasteiger partial charge on any atom is 0.245 e. The molecule has 1 saturated heterocycles. The molecule has 0 radical (unpaired) electrons. The monoisotopic (exact) mass is 264 g/mol. The Morgan fingerprint density at radius 3 is 2.89 bits per heavy atom. The van der Waals surface area contributed by atoms with Gasteiger partial charge in [0.25, 0.3) is 0 Å². The number of nitrogens with zero attached hydrogens (tertiary/aromatic N) is 3. The summed E-state index contributed by atoms with van der Waals surface area (Å²) in [6.45, 7) is 7.12. The van der Waals surface area contributed by atoms with Crippen LogP contribution in [-0.4, -0.2) is 34.5 Å². The molecule has 104 valence electrons. The van der Waals surface area contributed by atoms with E-state index in [2.05, 4.69) is 20.7 Å². The highest BCUT2D eigenvalue weighted by Gasteiger charge is 2.39. The molecule has 0 aliphatic carbocycles. The smallest absolute Gasteiger partial charge is 0.245 e. The van der Waals surface area contributed by atoms with Crippen LogP contribution in [0.5, 0.6) is 0 Å². The fourth-order valence-electron chi connectivity index (χ4n) is 2.36. The summed E-state index contributed by atoms with van der Waals surface area (Å²) in [5, 5.41) is 2.87. The summed E-state index contributed by atoms with van der Waals surface area (Å²) in [4.78, 5) is 22.5. The molecule has 1 aromatic heterocycles. The van der Waals surface area contributed by atoms with Crippen molar-refractivity contribution in [1.82, 2.24) is 15.3 Å². The van der Waals surface area contributed by atoms with Gasteiger partial charge in [-0.3, -0.25) is 4.79 Å². The molecule has 0 spiro atoms. The van der Waals surface area contributed by atoms with E-state index in [4.69, 9.17) is 5.84 Å². The van der Waals surface area contributed by atoms with Crippen molar-refractivity contribution in [3.63, 3.8) is 0 Å². The summed E-state index contributed by atoms with van der Waals surface area (Å²) in [6, 6.07) is 0. The minimum Gasteiger partial charge on any atom is -0.352 e. The normalized spacial score (nSPS) is 18.1. The lowest BCUT2D eigenvalue weighted by Gasteiger charge is -2.42. The number of piperazine rings is 1. The van der Waals surface area contributed by atoms with Crippen LogP contribution in [0.25, 0.3) is 0 Å². The quantitative estimate of drug-likeness (QED) is 0.527. The number of nitrogens with two attached hydrogens (primary N) is 1. The van der Waals surface area contributed by atoms with Crippen LogP contribution in [-0.2, 0) is 11.2 Å². The van der Waals surface area contributed by atoms with Crippen molar-refractivity contribution >= 4 is 17.5 Å². The van der Waals surface area contributed by atoms with Crippen molar-refractivity contribution < 1.29 is 4.79 Å². The van der Waals surface area contributed by atoms with E-state index < -0.39 is 5.54 Å². The van der Waals surface area contributed by atoms with Crippen LogP contribution in [0.2, 0.25) is 0 Å². The van der Waals surface area contributed by atoms with E-state index in [0.29, 0.717) is 18.9 Å². The Bertz CT molecular complexity index is 487. The minimum absolute atomic E-state index is 0.00155. The van der Waals surface area contributed by atoms with Gasteiger partial charge in [-0.15, -0.1) is 0 Å². The molecule has 1 aliphatic heterocycles. The van der Waals surface area contributed by atoms with Gasteiger partial charge in [0.2, 0.25) is 5.91 Å². The predicted molar refractivity (Wildman–Crippen MR) is 73.7 cm³/mol. The summed E-state index contributed by atoms with van der Waals surface area (Å²) in [6.07, 6.45) is 2.20.